The van der Waals surface area contributed by atoms with Crippen LogP contribution in [0.3, 0.4) is 0 Å². The summed E-state index contributed by atoms with van der Waals surface area (Å²) >= 11 is 0. The van der Waals surface area contributed by atoms with E-state index in [1.807, 2.05) is 24.3 Å². The molecule has 0 atom stereocenters. The number of nitrogens with two attached hydrogens (primary N) is 2. The molecule has 3 rings (SSSR count). The van der Waals surface area contributed by atoms with Crippen molar-refractivity contribution < 1.29 is 0 Å². The maximum absolute atomic E-state index is 8.39. The molecule has 104 valence electrons. The number of para-hydroxylation sites is 2. The van der Waals surface area contributed by atoms with E-state index >= 15 is 0 Å². The van der Waals surface area contributed by atoms with Crippen LogP contribution in [0.5, 0.6) is 0 Å². The van der Waals surface area contributed by atoms with Gasteiger partial charge in [-0.2, -0.15) is 10.5 Å². The topological polar surface area (TPSA) is 130 Å². The molecule has 0 radical (unpaired) electrons. The number of tetrazole rings is 1. The van der Waals surface area contributed by atoms with E-state index in [1.165, 1.54) is 0 Å². The zero-order valence-corrected chi connectivity index (χ0v) is 11.1. The van der Waals surface area contributed by atoms with Crippen molar-refractivity contribution in [1.82, 2.24) is 20.6 Å². The highest BCUT2D eigenvalue weighted by atomic mass is 15.5. The summed E-state index contributed by atoms with van der Waals surface area (Å²) in [6.45, 7) is 0. The third kappa shape index (κ3) is 3.54. The predicted octanol–water partition coefficient (Wildman–Crippen LogP) is 1.59. The summed E-state index contributed by atoms with van der Waals surface area (Å²) in [5, 5.41) is 21.8. The first kappa shape index (κ1) is 14.0. The van der Waals surface area contributed by atoms with Crippen molar-refractivity contribution in [3.05, 3.63) is 54.1 Å². The Kier molecular flexibility index (Phi) is 4.46. The molecule has 1 aromatic heterocycles. The largest absolute Gasteiger partial charge is 0.398 e. The third-order valence-electron chi connectivity index (χ3n) is 2.63. The summed E-state index contributed by atoms with van der Waals surface area (Å²) in [7, 11) is 0. The molecule has 0 aliphatic rings. The molecule has 0 unspecified atom stereocenters. The highest BCUT2D eigenvalue weighted by Crippen LogP contribution is 2.19. The minimum atomic E-state index is 0.521. The van der Waals surface area contributed by atoms with E-state index in [0.29, 0.717) is 22.8 Å². The van der Waals surface area contributed by atoms with Crippen molar-refractivity contribution >= 4 is 11.4 Å². The van der Waals surface area contributed by atoms with Gasteiger partial charge in [-0.25, -0.2) is 0 Å². The molecular weight excluding hydrogens is 266 g/mol. The van der Waals surface area contributed by atoms with Crippen LogP contribution in [0.4, 0.5) is 11.4 Å². The normalized spacial score (nSPS) is 9.29. The molecule has 21 heavy (non-hydrogen) atoms. The lowest BCUT2D eigenvalue weighted by molar-refractivity contribution is 0.881. The van der Waals surface area contributed by atoms with Gasteiger partial charge >= 0.3 is 0 Å². The predicted molar refractivity (Wildman–Crippen MR) is 79.6 cm³/mol. The standard InChI is InChI=1S/C7H7N5.C7H6N2/c8-6-4-2-1-3-5(6)7-9-11-12-10-7;8-5-6-3-1-2-4-7(6)9/h1-4H,8H2,(H,9,10,11,12);1-4H,9H2. The number of nitrogens with zero attached hydrogens (tertiary/aromatic N) is 4. The zero-order valence-electron chi connectivity index (χ0n) is 11.1. The first-order valence-corrected chi connectivity index (χ1v) is 6.05. The number of hydrogen-bond acceptors (Lipinski definition) is 6. The quantitative estimate of drug-likeness (QED) is 0.580. The smallest absolute Gasteiger partial charge is 0.206 e. The van der Waals surface area contributed by atoms with Crippen molar-refractivity contribution in [2.24, 2.45) is 0 Å². The van der Waals surface area contributed by atoms with Crippen LogP contribution in [0.1, 0.15) is 5.56 Å². The summed E-state index contributed by atoms with van der Waals surface area (Å²) < 4.78 is 0. The average Bonchev–Trinajstić information content (AvgIpc) is 3.03. The van der Waals surface area contributed by atoms with Crippen LogP contribution < -0.4 is 11.5 Å². The van der Waals surface area contributed by atoms with E-state index in [1.54, 1.807) is 30.3 Å². The SMILES string of the molecule is N#Cc1ccccc1N.Nc1ccccc1-c1nn[nH]n1. The Bertz CT molecular complexity index is 744. The molecule has 3 aromatic rings. The molecule has 2 aromatic carbocycles. The number of nitrogens with one attached hydrogen (secondary N) is 1. The Balaban J connectivity index is 0.000000161. The summed E-state index contributed by atoms with van der Waals surface area (Å²) in [5.41, 5.74) is 13.6. The fourth-order valence-electron chi connectivity index (χ4n) is 1.58. The second-order valence-corrected chi connectivity index (χ2v) is 4.02. The fourth-order valence-corrected chi connectivity index (χ4v) is 1.58. The molecule has 5 N–H and O–H groups in total. The highest BCUT2D eigenvalue weighted by molar-refractivity contribution is 5.70. The first-order chi connectivity index (χ1) is 10.2. The number of rotatable bonds is 1. The van der Waals surface area contributed by atoms with Gasteiger partial charge in [-0.1, -0.05) is 24.3 Å². The van der Waals surface area contributed by atoms with E-state index in [-0.39, 0.29) is 0 Å². The second kappa shape index (κ2) is 6.68. The van der Waals surface area contributed by atoms with Crippen LogP contribution in [-0.2, 0) is 0 Å². The van der Waals surface area contributed by atoms with Gasteiger partial charge in [0.25, 0.3) is 0 Å². The molecule has 0 spiro atoms. The zero-order chi connectivity index (χ0) is 15.1. The van der Waals surface area contributed by atoms with Crippen LogP contribution in [0.15, 0.2) is 48.5 Å². The summed E-state index contributed by atoms with van der Waals surface area (Å²) in [6.07, 6.45) is 0. The molecule has 0 bridgehead atoms. The van der Waals surface area contributed by atoms with Crippen molar-refractivity contribution in [2.75, 3.05) is 11.5 Å². The van der Waals surface area contributed by atoms with Crippen LogP contribution in [-0.4, -0.2) is 20.6 Å². The number of hydrogen-bond donors (Lipinski definition) is 3. The summed E-state index contributed by atoms with van der Waals surface area (Å²) in [5.74, 6) is 0.521. The van der Waals surface area contributed by atoms with E-state index < -0.39 is 0 Å². The summed E-state index contributed by atoms with van der Waals surface area (Å²) in [6, 6.07) is 16.3. The highest BCUT2D eigenvalue weighted by Gasteiger charge is 2.04. The van der Waals surface area contributed by atoms with Crippen LogP contribution >= 0.6 is 0 Å². The number of H-pyrrole nitrogens is 1. The third-order valence-corrected chi connectivity index (χ3v) is 2.63. The fraction of sp³-hybridized carbons (Fsp3) is 0. The van der Waals surface area contributed by atoms with Gasteiger partial charge in [0, 0.05) is 16.9 Å². The molecule has 7 heteroatoms. The van der Waals surface area contributed by atoms with Gasteiger partial charge < -0.3 is 11.5 Å². The molecule has 0 saturated carbocycles. The molecular formula is C14H13N7. The number of nitriles is 1. The molecule has 0 aliphatic heterocycles. The van der Waals surface area contributed by atoms with Gasteiger partial charge in [-0.3, -0.25) is 0 Å². The first-order valence-electron chi connectivity index (χ1n) is 6.05. The maximum atomic E-state index is 8.39. The van der Waals surface area contributed by atoms with Gasteiger partial charge in [0.15, 0.2) is 0 Å². The van der Waals surface area contributed by atoms with Crippen LogP contribution in [0.25, 0.3) is 11.4 Å². The lowest BCUT2D eigenvalue weighted by Crippen LogP contribution is -1.90. The van der Waals surface area contributed by atoms with Gasteiger partial charge in [0.1, 0.15) is 6.07 Å². The Labute approximate surface area is 121 Å². The Morgan fingerprint density at radius 2 is 1.62 bits per heavy atom. The molecule has 0 fully saturated rings. The molecule has 1 heterocycles. The number of aromatic nitrogens is 4. The number of anilines is 2. The van der Waals surface area contributed by atoms with Crippen molar-refractivity contribution in [2.45, 2.75) is 0 Å². The van der Waals surface area contributed by atoms with Crippen LogP contribution in [0, 0.1) is 11.3 Å². The molecule has 0 saturated heterocycles. The van der Waals surface area contributed by atoms with Gasteiger partial charge in [0.05, 0.1) is 5.56 Å². The van der Waals surface area contributed by atoms with Crippen molar-refractivity contribution in [3.63, 3.8) is 0 Å². The van der Waals surface area contributed by atoms with E-state index in [2.05, 4.69) is 20.6 Å². The monoisotopic (exact) mass is 279 g/mol. The minimum Gasteiger partial charge on any atom is -0.398 e. The Hall–Kier alpha value is -3.40. The Morgan fingerprint density at radius 1 is 0.952 bits per heavy atom. The maximum Gasteiger partial charge on any atom is 0.206 e. The van der Waals surface area contributed by atoms with Crippen molar-refractivity contribution in [1.29, 1.82) is 5.26 Å². The van der Waals surface area contributed by atoms with E-state index in [0.717, 1.165) is 5.56 Å². The summed E-state index contributed by atoms with van der Waals surface area (Å²) in [4.78, 5) is 0. The van der Waals surface area contributed by atoms with Gasteiger partial charge in [-0.15, -0.1) is 10.2 Å². The second-order valence-electron chi connectivity index (χ2n) is 4.02. The van der Waals surface area contributed by atoms with Gasteiger partial charge in [0.2, 0.25) is 5.82 Å². The number of aromatic amines is 1. The number of benzene rings is 2. The molecule has 7 nitrogen and oxygen atoms in total. The van der Waals surface area contributed by atoms with Gasteiger partial charge in [-0.05, 0) is 29.5 Å². The molecule has 0 aliphatic carbocycles. The van der Waals surface area contributed by atoms with E-state index in [9.17, 15) is 0 Å². The number of nitrogen functional groups attached to an aromatic ring is 2. The Morgan fingerprint density at radius 3 is 2.14 bits per heavy atom. The minimum absolute atomic E-state index is 0.521. The lowest BCUT2D eigenvalue weighted by atomic mass is 10.2. The van der Waals surface area contributed by atoms with Crippen LogP contribution in [0.2, 0.25) is 0 Å². The van der Waals surface area contributed by atoms with Crippen molar-refractivity contribution in [3.8, 4) is 17.5 Å². The average molecular weight is 279 g/mol. The lowest BCUT2D eigenvalue weighted by Gasteiger charge is -1.97. The van der Waals surface area contributed by atoms with E-state index in [4.69, 9.17) is 16.7 Å². The molecule has 0 amide bonds.